The lowest BCUT2D eigenvalue weighted by molar-refractivity contribution is 0.286. The summed E-state index contributed by atoms with van der Waals surface area (Å²) < 4.78 is 5.67. The van der Waals surface area contributed by atoms with Crippen molar-refractivity contribution in [3.63, 3.8) is 0 Å². The molecule has 0 aliphatic rings. The highest BCUT2D eigenvalue weighted by Crippen LogP contribution is 2.25. The summed E-state index contributed by atoms with van der Waals surface area (Å²) in [7, 11) is 1.95. The van der Waals surface area contributed by atoms with E-state index in [0.29, 0.717) is 29.7 Å². The fourth-order valence-corrected chi connectivity index (χ4v) is 1.80. The summed E-state index contributed by atoms with van der Waals surface area (Å²) in [5.41, 5.74) is 1.89. The average molecular weight is 302 g/mol. The van der Waals surface area contributed by atoms with Crippen LogP contribution in [0.2, 0.25) is 0 Å². The minimum atomic E-state index is 0.409. The number of hydrogen-bond acceptors (Lipinski definition) is 4. The SMILES string of the molecule is CCN(C)/C=N/c1cc(C#N)c(OCCCC(C)C)nc1C. The van der Waals surface area contributed by atoms with Gasteiger partial charge in [0.05, 0.1) is 24.3 Å². The molecule has 0 unspecified atom stereocenters. The van der Waals surface area contributed by atoms with Crippen LogP contribution in [0.3, 0.4) is 0 Å². The highest BCUT2D eigenvalue weighted by Gasteiger charge is 2.10. The van der Waals surface area contributed by atoms with E-state index in [4.69, 9.17) is 4.74 Å². The Morgan fingerprint density at radius 3 is 2.82 bits per heavy atom. The average Bonchev–Trinajstić information content (AvgIpc) is 2.49. The molecule has 0 fully saturated rings. The topological polar surface area (TPSA) is 61.5 Å². The molecule has 0 spiro atoms. The van der Waals surface area contributed by atoms with Crippen LogP contribution in [0.4, 0.5) is 5.69 Å². The molecule has 5 heteroatoms. The number of aryl methyl sites for hydroxylation is 1. The summed E-state index contributed by atoms with van der Waals surface area (Å²) in [5, 5.41) is 9.27. The molecule has 1 rings (SSSR count). The summed E-state index contributed by atoms with van der Waals surface area (Å²) in [6.45, 7) is 9.75. The van der Waals surface area contributed by atoms with Gasteiger partial charge in [0.15, 0.2) is 0 Å². The van der Waals surface area contributed by atoms with E-state index in [0.717, 1.165) is 25.1 Å². The number of hydrogen-bond donors (Lipinski definition) is 0. The normalized spacial score (nSPS) is 11.0. The number of aliphatic imine (C=N–C) groups is 1. The van der Waals surface area contributed by atoms with Crippen molar-refractivity contribution in [1.82, 2.24) is 9.88 Å². The number of pyridine rings is 1. The molecule has 1 heterocycles. The Labute approximate surface area is 133 Å². The quantitative estimate of drug-likeness (QED) is 0.417. The molecule has 5 nitrogen and oxygen atoms in total. The first-order chi connectivity index (χ1) is 10.5. The molecule has 22 heavy (non-hydrogen) atoms. The van der Waals surface area contributed by atoms with Gasteiger partial charge in [-0.25, -0.2) is 9.98 Å². The summed E-state index contributed by atoms with van der Waals surface area (Å²) in [5.74, 6) is 1.06. The number of aromatic nitrogens is 1. The molecule has 0 radical (unpaired) electrons. The van der Waals surface area contributed by atoms with E-state index in [1.165, 1.54) is 0 Å². The minimum absolute atomic E-state index is 0.409. The summed E-state index contributed by atoms with van der Waals surface area (Å²) in [6, 6.07) is 3.88. The summed E-state index contributed by atoms with van der Waals surface area (Å²) >= 11 is 0. The second-order valence-corrected chi connectivity index (χ2v) is 5.76. The maximum atomic E-state index is 9.27. The molecule has 0 aliphatic carbocycles. The lowest BCUT2D eigenvalue weighted by Gasteiger charge is -2.11. The van der Waals surface area contributed by atoms with Crippen LogP contribution in [-0.2, 0) is 0 Å². The molecular weight excluding hydrogens is 276 g/mol. The van der Waals surface area contributed by atoms with E-state index < -0.39 is 0 Å². The van der Waals surface area contributed by atoms with Gasteiger partial charge in [0.1, 0.15) is 11.6 Å². The zero-order chi connectivity index (χ0) is 16.5. The molecule has 0 saturated heterocycles. The molecule has 120 valence electrons. The lowest BCUT2D eigenvalue weighted by Crippen LogP contribution is -2.14. The first kappa shape index (κ1) is 18.0. The van der Waals surface area contributed by atoms with Gasteiger partial charge in [-0.3, -0.25) is 0 Å². The van der Waals surface area contributed by atoms with Crippen molar-refractivity contribution in [1.29, 1.82) is 5.26 Å². The van der Waals surface area contributed by atoms with Crippen LogP contribution in [0, 0.1) is 24.2 Å². The third kappa shape index (κ3) is 5.72. The predicted molar refractivity (Wildman–Crippen MR) is 89.7 cm³/mol. The van der Waals surface area contributed by atoms with Gasteiger partial charge in [0.2, 0.25) is 5.88 Å². The van der Waals surface area contributed by atoms with Crippen LogP contribution in [0.15, 0.2) is 11.1 Å². The molecule has 0 N–H and O–H groups in total. The third-order valence-corrected chi connectivity index (χ3v) is 3.33. The van der Waals surface area contributed by atoms with Gasteiger partial charge in [-0.05, 0) is 38.7 Å². The van der Waals surface area contributed by atoms with Gasteiger partial charge in [-0.1, -0.05) is 13.8 Å². The number of rotatable bonds is 8. The molecule has 0 aliphatic heterocycles. The van der Waals surface area contributed by atoms with Crippen molar-refractivity contribution in [3.05, 3.63) is 17.3 Å². The molecule has 0 saturated carbocycles. The van der Waals surface area contributed by atoms with Crippen LogP contribution in [-0.4, -0.2) is 36.4 Å². The highest BCUT2D eigenvalue weighted by atomic mass is 16.5. The van der Waals surface area contributed by atoms with E-state index in [1.54, 1.807) is 12.4 Å². The number of ether oxygens (including phenoxy) is 1. The van der Waals surface area contributed by atoms with E-state index in [1.807, 2.05) is 25.8 Å². The molecule has 0 atom stereocenters. The van der Waals surface area contributed by atoms with Crippen LogP contribution in [0.25, 0.3) is 0 Å². The molecule has 1 aromatic rings. The number of nitriles is 1. The van der Waals surface area contributed by atoms with E-state index >= 15 is 0 Å². The van der Waals surface area contributed by atoms with Gasteiger partial charge < -0.3 is 9.64 Å². The van der Waals surface area contributed by atoms with Crippen LogP contribution in [0.5, 0.6) is 5.88 Å². The standard InChI is InChI=1S/C17H26N4O/c1-6-21(5)12-19-16-10-15(11-18)17(20-14(16)4)22-9-7-8-13(2)3/h10,12-13H,6-9H2,1-5H3/b19-12+. The molecular formula is C17H26N4O. The zero-order valence-corrected chi connectivity index (χ0v) is 14.3. The van der Waals surface area contributed by atoms with E-state index in [9.17, 15) is 5.26 Å². The first-order valence-electron chi connectivity index (χ1n) is 7.76. The van der Waals surface area contributed by atoms with Gasteiger partial charge >= 0.3 is 0 Å². The minimum Gasteiger partial charge on any atom is -0.477 e. The molecule has 0 aromatic carbocycles. The maximum absolute atomic E-state index is 9.27. The molecule has 0 amide bonds. The van der Waals surface area contributed by atoms with Crippen molar-refractivity contribution >= 4 is 12.0 Å². The van der Waals surface area contributed by atoms with Gasteiger partial charge in [0, 0.05) is 13.6 Å². The number of nitrogens with zero attached hydrogens (tertiary/aromatic N) is 4. The molecule has 1 aromatic heterocycles. The maximum Gasteiger partial charge on any atom is 0.232 e. The Morgan fingerprint density at radius 2 is 2.23 bits per heavy atom. The summed E-state index contributed by atoms with van der Waals surface area (Å²) in [6.07, 6.45) is 3.81. The van der Waals surface area contributed by atoms with Crippen LogP contribution < -0.4 is 4.74 Å². The second kappa shape index (κ2) is 9.04. The largest absolute Gasteiger partial charge is 0.477 e. The Kier molecular flexibility index (Phi) is 7.38. The zero-order valence-electron chi connectivity index (χ0n) is 14.3. The smallest absolute Gasteiger partial charge is 0.232 e. The van der Waals surface area contributed by atoms with Gasteiger partial charge in [-0.2, -0.15) is 5.26 Å². The Bertz CT molecular complexity index is 546. The van der Waals surface area contributed by atoms with Crippen molar-refractivity contribution in [2.75, 3.05) is 20.2 Å². The lowest BCUT2D eigenvalue weighted by atomic mass is 10.1. The van der Waals surface area contributed by atoms with E-state index in [2.05, 4.69) is 29.9 Å². The Morgan fingerprint density at radius 1 is 1.50 bits per heavy atom. The Balaban J connectivity index is 2.82. The predicted octanol–water partition coefficient (Wildman–Crippen LogP) is 3.69. The Hall–Kier alpha value is -2.09. The fraction of sp³-hybridized carbons (Fsp3) is 0.588. The van der Waals surface area contributed by atoms with Crippen molar-refractivity contribution in [3.8, 4) is 11.9 Å². The summed E-state index contributed by atoms with van der Waals surface area (Å²) in [4.78, 5) is 10.7. The van der Waals surface area contributed by atoms with E-state index in [-0.39, 0.29) is 0 Å². The van der Waals surface area contributed by atoms with Crippen molar-refractivity contribution in [2.24, 2.45) is 10.9 Å². The molecule has 0 bridgehead atoms. The van der Waals surface area contributed by atoms with Crippen molar-refractivity contribution < 1.29 is 4.74 Å². The van der Waals surface area contributed by atoms with Crippen molar-refractivity contribution in [2.45, 2.75) is 40.5 Å². The highest BCUT2D eigenvalue weighted by molar-refractivity contribution is 5.63. The van der Waals surface area contributed by atoms with Crippen LogP contribution >= 0.6 is 0 Å². The fourth-order valence-electron chi connectivity index (χ4n) is 1.80. The van der Waals surface area contributed by atoms with Gasteiger partial charge in [-0.15, -0.1) is 0 Å². The van der Waals surface area contributed by atoms with Crippen LogP contribution in [0.1, 0.15) is 44.9 Å². The first-order valence-corrected chi connectivity index (χ1v) is 7.76. The van der Waals surface area contributed by atoms with Gasteiger partial charge in [0.25, 0.3) is 0 Å². The second-order valence-electron chi connectivity index (χ2n) is 5.76. The monoisotopic (exact) mass is 302 g/mol. The third-order valence-electron chi connectivity index (χ3n) is 3.33.